The highest BCUT2D eigenvalue weighted by atomic mass is 35.5. The van der Waals surface area contributed by atoms with E-state index in [1.54, 1.807) is 0 Å². The van der Waals surface area contributed by atoms with Crippen molar-refractivity contribution in [2.24, 2.45) is 0 Å². The molecule has 4 nitrogen and oxygen atoms in total. The summed E-state index contributed by atoms with van der Waals surface area (Å²) in [5.74, 6) is -0.130. The smallest absolute Gasteiger partial charge is 0.243 e. The van der Waals surface area contributed by atoms with Crippen LogP contribution in [0.3, 0.4) is 0 Å². The SMILES string of the molecule is O=C1CC[C@@H](C(=O)NC2(c3ccc(Cl)cc3)CC2)N1. The van der Waals surface area contributed by atoms with Crippen LogP contribution in [0.5, 0.6) is 0 Å². The third-order valence-electron chi connectivity index (χ3n) is 3.82. The number of hydrogen-bond acceptors (Lipinski definition) is 2. The van der Waals surface area contributed by atoms with Gasteiger partial charge in [-0.3, -0.25) is 9.59 Å². The van der Waals surface area contributed by atoms with E-state index in [4.69, 9.17) is 11.6 Å². The molecule has 1 heterocycles. The van der Waals surface area contributed by atoms with Crippen LogP contribution in [0, 0.1) is 0 Å². The van der Waals surface area contributed by atoms with Gasteiger partial charge in [0.2, 0.25) is 11.8 Å². The van der Waals surface area contributed by atoms with Crippen molar-refractivity contribution in [2.75, 3.05) is 0 Å². The lowest BCUT2D eigenvalue weighted by molar-refractivity contribution is -0.126. The number of nitrogens with one attached hydrogen (secondary N) is 2. The molecule has 2 fully saturated rings. The molecule has 2 N–H and O–H groups in total. The summed E-state index contributed by atoms with van der Waals surface area (Å²) in [6.45, 7) is 0. The number of halogens is 1. The lowest BCUT2D eigenvalue weighted by atomic mass is 10.0. The molecule has 1 aromatic rings. The predicted molar refractivity (Wildman–Crippen MR) is 71.7 cm³/mol. The summed E-state index contributed by atoms with van der Waals surface area (Å²) in [4.78, 5) is 23.3. The average molecular weight is 279 g/mol. The number of carbonyl (C=O) groups is 2. The highest BCUT2D eigenvalue weighted by Crippen LogP contribution is 2.45. The quantitative estimate of drug-likeness (QED) is 0.885. The fourth-order valence-electron chi connectivity index (χ4n) is 2.51. The predicted octanol–water partition coefficient (Wildman–Crippen LogP) is 1.72. The number of benzene rings is 1. The molecule has 0 radical (unpaired) electrons. The normalized spacial score (nSPS) is 23.8. The van der Waals surface area contributed by atoms with Crippen molar-refractivity contribution >= 4 is 23.4 Å². The third kappa shape index (κ3) is 2.45. The minimum atomic E-state index is -0.378. The molecule has 0 bridgehead atoms. The molecular weight excluding hydrogens is 264 g/mol. The Labute approximate surface area is 116 Å². The second-order valence-electron chi connectivity index (χ2n) is 5.24. The van der Waals surface area contributed by atoms with Gasteiger partial charge in [0.05, 0.1) is 5.54 Å². The zero-order valence-corrected chi connectivity index (χ0v) is 11.2. The van der Waals surface area contributed by atoms with Gasteiger partial charge in [-0.1, -0.05) is 23.7 Å². The fraction of sp³-hybridized carbons (Fsp3) is 0.429. The van der Waals surface area contributed by atoms with Gasteiger partial charge in [0.1, 0.15) is 6.04 Å². The summed E-state index contributed by atoms with van der Waals surface area (Å²) < 4.78 is 0. The van der Waals surface area contributed by atoms with Crippen molar-refractivity contribution < 1.29 is 9.59 Å². The van der Waals surface area contributed by atoms with Gasteiger partial charge in [0.25, 0.3) is 0 Å². The van der Waals surface area contributed by atoms with Crippen LogP contribution in [0.2, 0.25) is 5.02 Å². The standard InChI is InChI=1S/C14H15ClN2O2/c15-10-3-1-9(2-4-10)14(7-8-14)17-13(19)11-5-6-12(18)16-11/h1-4,11H,5-8H2,(H,16,18)(H,17,19)/t11-/m0/s1. The summed E-state index contributed by atoms with van der Waals surface area (Å²) in [6, 6.07) is 7.18. The second-order valence-corrected chi connectivity index (χ2v) is 5.67. The summed E-state index contributed by atoms with van der Waals surface area (Å²) >= 11 is 5.87. The van der Waals surface area contributed by atoms with E-state index in [1.165, 1.54) is 0 Å². The first-order chi connectivity index (χ1) is 9.09. The van der Waals surface area contributed by atoms with Crippen LogP contribution in [0.25, 0.3) is 0 Å². The maximum absolute atomic E-state index is 12.1. The van der Waals surface area contributed by atoms with E-state index in [-0.39, 0.29) is 23.4 Å². The fourth-order valence-corrected chi connectivity index (χ4v) is 2.64. The van der Waals surface area contributed by atoms with Gasteiger partial charge in [-0.15, -0.1) is 0 Å². The average Bonchev–Trinajstić information content (AvgIpc) is 3.03. The van der Waals surface area contributed by atoms with Crippen LogP contribution in [0.15, 0.2) is 24.3 Å². The van der Waals surface area contributed by atoms with Gasteiger partial charge in [-0.25, -0.2) is 0 Å². The third-order valence-corrected chi connectivity index (χ3v) is 4.07. The van der Waals surface area contributed by atoms with E-state index >= 15 is 0 Å². The van der Waals surface area contributed by atoms with Crippen molar-refractivity contribution in [2.45, 2.75) is 37.3 Å². The van der Waals surface area contributed by atoms with Crippen LogP contribution in [-0.2, 0) is 15.1 Å². The molecule has 3 rings (SSSR count). The van der Waals surface area contributed by atoms with E-state index in [1.807, 2.05) is 24.3 Å². The van der Waals surface area contributed by atoms with Crippen molar-refractivity contribution in [3.8, 4) is 0 Å². The lowest BCUT2D eigenvalue weighted by Gasteiger charge is -2.20. The Morgan fingerprint density at radius 1 is 1.32 bits per heavy atom. The largest absolute Gasteiger partial charge is 0.345 e. The first-order valence-electron chi connectivity index (χ1n) is 6.46. The molecule has 0 spiro atoms. The Morgan fingerprint density at radius 2 is 2.00 bits per heavy atom. The van der Waals surface area contributed by atoms with Crippen molar-refractivity contribution in [1.29, 1.82) is 0 Å². The molecule has 19 heavy (non-hydrogen) atoms. The molecule has 1 saturated carbocycles. The lowest BCUT2D eigenvalue weighted by Crippen LogP contribution is -2.46. The van der Waals surface area contributed by atoms with Crippen LogP contribution in [-0.4, -0.2) is 17.9 Å². The minimum Gasteiger partial charge on any atom is -0.345 e. The van der Waals surface area contributed by atoms with Gasteiger partial charge in [-0.05, 0) is 37.0 Å². The highest BCUT2D eigenvalue weighted by Gasteiger charge is 2.46. The first-order valence-corrected chi connectivity index (χ1v) is 6.84. The number of amides is 2. The minimum absolute atomic E-state index is 0.0449. The Kier molecular flexibility index (Phi) is 2.97. The van der Waals surface area contributed by atoms with Crippen molar-refractivity contribution in [3.63, 3.8) is 0 Å². The summed E-state index contributed by atoms with van der Waals surface area (Å²) in [7, 11) is 0. The van der Waals surface area contributed by atoms with E-state index in [2.05, 4.69) is 10.6 Å². The molecule has 2 amide bonds. The van der Waals surface area contributed by atoms with Gasteiger partial charge >= 0.3 is 0 Å². The maximum atomic E-state index is 12.1. The first kappa shape index (κ1) is 12.5. The summed E-state index contributed by atoms with van der Waals surface area (Å²) in [6.07, 6.45) is 2.88. The molecule has 1 atom stereocenters. The Hall–Kier alpha value is -1.55. The molecule has 1 aromatic carbocycles. The molecule has 1 aliphatic heterocycles. The molecule has 1 saturated heterocycles. The zero-order valence-electron chi connectivity index (χ0n) is 10.4. The Balaban J connectivity index is 1.70. The van der Waals surface area contributed by atoms with Crippen LogP contribution < -0.4 is 10.6 Å². The van der Waals surface area contributed by atoms with Crippen LogP contribution in [0.1, 0.15) is 31.2 Å². The van der Waals surface area contributed by atoms with E-state index < -0.39 is 0 Å². The molecule has 0 aromatic heterocycles. The zero-order chi connectivity index (χ0) is 13.5. The second kappa shape index (κ2) is 4.53. The summed E-state index contributed by atoms with van der Waals surface area (Å²) in [5, 5.41) is 6.45. The molecule has 1 aliphatic carbocycles. The molecule has 2 aliphatic rings. The van der Waals surface area contributed by atoms with E-state index in [9.17, 15) is 9.59 Å². The monoisotopic (exact) mass is 278 g/mol. The molecular formula is C14H15ClN2O2. The van der Waals surface area contributed by atoms with E-state index in [0.29, 0.717) is 17.9 Å². The Bertz CT molecular complexity index is 523. The molecule has 100 valence electrons. The number of rotatable bonds is 3. The number of hydrogen-bond donors (Lipinski definition) is 2. The van der Waals surface area contributed by atoms with Crippen molar-refractivity contribution in [1.82, 2.24) is 10.6 Å². The Morgan fingerprint density at radius 3 is 2.53 bits per heavy atom. The van der Waals surface area contributed by atoms with Gasteiger partial charge in [0.15, 0.2) is 0 Å². The van der Waals surface area contributed by atoms with Gasteiger partial charge < -0.3 is 10.6 Å². The topological polar surface area (TPSA) is 58.2 Å². The molecule has 0 unspecified atom stereocenters. The highest BCUT2D eigenvalue weighted by molar-refractivity contribution is 6.30. The molecule has 5 heteroatoms. The number of carbonyl (C=O) groups excluding carboxylic acids is 2. The van der Waals surface area contributed by atoms with Gasteiger partial charge in [0, 0.05) is 11.4 Å². The van der Waals surface area contributed by atoms with Crippen LogP contribution >= 0.6 is 11.6 Å². The van der Waals surface area contributed by atoms with E-state index in [0.717, 1.165) is 18.4 Å². The maximum Gasteiger partial charge on any atom is 0.243 e. The van der Waals surface area contributed by atoms with Crippen molar-refractivity contribution in [3.05, 3.63) is 34.9 Å². The summed E-state index contributed by atoms with van der Waals surface area (Å²) in [5.41, 5.74) is 0.823. The van der Waals surface area contributed by atoms with Crippen LogP contribution in [0.4, 0.5) is 0 Å². The van der Waals surface area contributed by atoms with Gasteiger partial charge in [-0.2, -0.15) is 0 Å².